The van der Waals surface area contributed by atoms with Crippen molar-refractivity contribution in [2.24, 2.45) is 17.4 Å². The van der Waals surface area contributed by atoms with Gasteiger partial charge in [0.25, 0.3) is 0 Å². The number of hydrogen-bond acceptors (Lipinski definition) is 8. The molecule has 0 radical (unpaired) electrons. The summed E-state index contributed by atoms with van der Waals surface area (Å²) in [5.41, 5.74) is 11.7. The van der Waals surface area contributed by atoms with Crippen molar-refractivity contribution in [3.63, 3.8) is 0 Å². The highest BCUT2D eigenvalue weighted by molar-refractivity contribution is 5.96. The van der Waals surface area contributed by atoms with Crippen LogP contribution in [0.3, 0.4) is 0 Å². The van der Waals surface area contributed by atoms with Crippen LogP contribution in [0.25, 0.3) is 0 Å². The SMILES string of the molecule is COC(=O)[C@H](Cc1ccccc1)NC(=O)[C@H](CC(N)=O)NC(=O)[C@H](CC(C)C)NC(=O)[C@@H](N)[C@@H](C)O. The number of nitrogens with two attached hydrogens (primary N) is 2. The maximum atomic E-state index is 13.0. The number of carbonyl (C=O) groups excluding carboxylic acids is 5. The molecule has 12 heteroatoms. The minimum absolute atomic E-state index is 0.0400. The number of carbonyl (C=O) groups is 5. The molecule has 0 aromatic heterocycles. The summed E-state index contributed by atoms with van der Waals surface area (Å²) >= 11 is 0. The van der Waals surface area contributed by atoms with Crippen molar-refractivity contribution >= 4 is 29.6 Å². The van der Waals surface area contributed by atoms with Crippen LogP contribution < -0.4 is 27.4 Å². The molecule has 200 valence electrons. The first kappa shape index (κ1) is 30.5. The van der Waals surface area contributed by atoms with Gasteiger partial charge >= 0.3 is 5.97 Å². The molecule has 0 unspecified atom stereocenters. The zero-order valence-corrected chi connectivity index (χ0v) is 21.0. The second kappa shape index (κ2) is 14.8. The highest BCUT2D eigenvalue weighted by Crippen LogP contribution is 2.08. The fourth-order valence-corrected chi connectivity index (χ4v) is 3.33. The van der Waals surface area contributed by atoms with Crippen molar-refractivity contribution in [2.75, 3.05) is 7.11 Å². The highest BCUT2D eigenvalue weighted by Gasteiger charge is 2.32. The van der Waals surface area contributed by atoms with Crippen molar-refractivity contribution in [1.29, 1.82) is 0 Å². The zero-order valence-electron chi connectivity index (χ0n) is 21.0. The Kier molecular flexibility index (Phi) is 12.5. The number of aliphatic hydroxyl groups excluding tert-OH is 1. The quantitative estimate of drug-likeness (QED) is 0.163. The smallest absolute Gasteiger partial charge is 0.328 e. The summed E-state index contributed by atoms with van der Waals surface area (Å²) in [7, 11) is 1.17. The molecule has 5 atom stereocenters. The number of hydrogen-bond donors (Lipinski definition) is 6. The maximum Gasteiger partial charge on any atom is 0.328 e. The van der Waals surface area contributed by atoms with E-state index in [2.05, 4.69) is 16.0 Å². The van der Waals surface area contributed by atoms with E-state index in [4.69, 9.17) is 16.2 Å². The van der Waals surface area contributed by atoms with Crippen molar-refractivity contribution in [1.82, 2.24) is 16.0 Å². The van der Waals surface area contributed by atoms with E-state index in [1.165, 1.54) is 14.0 Å². The van der Waals surface area contributed by atoms with Crippen LogP contribution in [0.1, 0.15) is 39.2 Å². The molecule has 0 saturated heterocycles. The van der Waals surface area contributed by atoms with Crippen LogP contribution in [0.2, 0.25) is 0 Å². The number of primary amides is 1. The standard InChI is InChI=1S/C24H37N5O7/c1-13(2)10-16(28-23(34)20(26)14(3)30)21(32)27-17(12-19(25)31)22(33)29-18(24(35)36-4)11-15-8-6-5-7-9-15/h5-9,13-14,16-18,20,30H,10-12,26H2,1-4H3,(H2,25,31)(H,27,32)(H,28,34)(H,29,33)/t14-,16+,17+,18+,20+/m1/s1. The summed E-state index contributed by atoms with van der Waals surface area (Å²) in [5.74, 6) is -3.96. The van der Waals surface area contributed by atoms with E-state index in [9.17, 15) is 29.1 Å². The second-order valence-electron chi connectivity index (χ2n) is 8.96. The molecule has 4 amide bonds. The normalized spacial score (nSPS) is 15.1. The third kappa shape index (κ3) is 10.4. The third-order valence-corrected chi connectivity index (χ3v) is 5.29. The van der Waals surface area contributed by atoms with Gasteiger partial charge in [-0.2, -0.15) is 0 Å². The largest absolute Gasteiger partial charge is 0.467 e. The lowest BCUT2D eigenvalue weighted by Gasteiger charge is -2.26. The number of rotatable bonds is 14. The lowest BCUT2D eigenvalue weighted by atomic mass is 10.0. The summed E-state index contributed by atoms with van der Waals surface area (Å²) in [5, 5.41) is 17.0. The Balaban J connectivity index is 3.06. The third-order valence-electron chi connectivity index (χ3n) is 5.29. The van der Waals surface area contributed by atoms with Crippen molar-refractivity contribution in [3.05, 3.63) is 35.9 Å². The molecule has 0 fully saturated rings. The average molecular weight is 508 g/mol. The minimum atomic E-state index is -1.42. The van der Waals surface area contributed by atoms with E-state index in [0.29, 0.717) is 0 Å². The van der Waals surface area contributed by atoms with Crippen LogP contribution in [-0.4, -0.2) is 72.1 Å². The molecule has 0 aliphatic carbocycles. The van der Waals surface area contributed by atoms with Gasteiger partial charge in [-0.3, -0.25) is 19.2 Å². The predicted molar refractivity (Wildman–Crippen MR) is 131 cm³/mol. The fourth-order valence-electron chi connectivity index (χ4n) is 3.33. The average Bonchev–Trinajstić information content (AvgIpc) is 2.81. The molecule has 12 nitrogen and oxygen atoms in total. The molecule has 0 heterocycles. The summed E-state index contributed by atoms with van der Waals surface area (Å²) in [6, 6.07) is 3.99. The van der Waals surface area contributed by atoms with Crippen molar-refractivity contribution in [3.8, 4) is 0 Å². The van der Waals surface area contributed by atoms with Gasteiger partial charge in [-0.1, -0.05) is 44.2 Å². The van der Waals surface area contributed by atoms with Crippen molar-refractivity contribution in [2.45, 2.75) is 70.3 Å². The number of esters is 1. The lowest BCUT2D eigenvalue weighted by Crippen LogP contribution is -2.59. The predicted octanol–water partition coefficient (Wildman–Crippen LogP) is -1.51. The van der Waals surface area contributed by atoms with Gasteiger partial charge in [0.15, 0.2) is 0 Å². The highest BCUT2D eigenvalue weighted by atomic mass is 16.5. The Labute approximate surface area is 210 Å². The maximum absolute atomic E-state index is 13.0. The summed E-state index contributed by atoms with van der Waals surface area (Å²) in [4.78, 5) is 62.3. The molecule has 0 bridgehead atoms. The first-order valence-electron chi connectivity index (χ1n) is 11.6. The number of methoxy groups -OCH3 is 1. The minimum Gasteiger partial charge on any atom is -0.467 e. The molecule has 1 rings (SSSR count). The number of ether oxygens (including phenoxy) is 1. The Morgan fingerprint density at radius 1 is 0.889 bits per heavy atom. The Hall–Kier alpha value is -3.51. The fraction of sp³-hybridized carbons (Fsp3) is 0.542. The molecular formula is C24H37N5O7. The first-order valence-corrected chi connectivity index (χ1v) is 11.6. The van der Waals surface area contributed by atoms with Gasteiger partial charge in [0.05, 0.1) is 19.6 Å². The molecule has 8 N–H and O–H groups in total. The van der Waals surface area contributed by atoms with Gasteiger partial charge in [0, 0.05) is 6.42 Å². The van der Waals surface area contributed by atoms with Crippen LogP contribution in [0.5, 0.6) is 0 Å². The summed E-state index contributed by atoms with van der Waals surface area (Å²) in [6.07, 6.45) is -1.40. The van der Waals surface area contributed by atoms with E-state index in [1.807, 2.05) is 13.8 Å². The topological polar surface area (TPSA) is 203 Å². The Bertz CT molecular complexity index is 907. The summed E-state index contributed by atoms with van der Waals surface area (Å²) < 4.78 is 4.78. The van der Waals surface area contributed by atoms with E-state index in [-0.39, 0.29) is 18.8 Å². The molecule has 0 spiro atoms. The second-order valence-corrected chi connectivity index (χ2v) is 8.96. The van der Waals surface area contributed by atoms with Gasteiger partial charge in [-0.05, 0) is 24.8 Å². The Morgan fingerprint density at radius 3 is 1.92 bits per heavy atom. The molecule has 0 aliphatic rings. The zero-order chi connectivity index (χ0) is 27.4. The van der Waals surface area contributed by atoms with E-state index < -0.39 is 66.3 Å². The molecule has 1 aromatic carbocycles. The summed E-state index contributed by atoms with van der Waals surface area (Å²) in [6.45, 7) is 4.97. The monoisotopic (exact) mass is 507 g/mol. The van der Waals surface area contributed by atoms with Crippen LogP contribution >= 0.6 is 0 Å². The van der Waals surface area contributed by atoms with Crippen LogP contribution in [0.15, 0.2) is 30.3 Å². The van der Waals surface area contributed by atoms with Gasteiger partial charge in [-0.25, -0.2) is 4.79 Å². The number of benzene rings is 1. The molecule has 0 aliphatic heterocycles. The molecule has 36 heavy (non-hydrogen) atoms. The van der Waals surface area contributed by atoms with Crippen LogP contribution in [0.4, 0.5) is 0 Å². The van der Waals surface area contributed by atoms with E-state index in [0.717, 1.165) is 5.56 Å². The van der Waals surface area contributed by atoms with E-state index >= 15 is 0 Å². The molecule has 0 saturated carbocycles. The van der Waals surface area contributed by atoms with E-state index in [1.54, 1.807) is 30.3 Å². The van der Waals surface area contributed by atoms with Crippen LogP contribution in [-0.2, 0) is 35.1 Å². The van der Waals surface area contributed by atoms with Gasteiger partial charge in [0.1, 0.15) is 24.2 Å². The number of nitrogens with one attached hydrogen (secondary N) is 3. The van der Waals surface area contributed by atoms with Gasteiger partial charge < -0.3 is 37.3 Å². The molecule has 1 aromatic rings. The molecular weight excluding hydrogens is 470 g/mol. The van der Waals surface area contributed by atoms with Crippen LogP contribution in [0, 0.1) is 5.92 Å². The first-order chi connectivity index (χ1) is 16.8. The van der Waals surface area contributed by atoms with Gasteiger partial charge in [0.2, 0.25) is 23.6 Å². The number of amides is 4. The number of aliphatic hydroxyl groups is 1. The lowest BCUT2D eigenvalue weighted by molar-refractivity contribution is -0.145. The van der Waals surface area contributed by atoms with Gasteiger partial charge in [-0.15, -0.1) is 0 Å². The Morgan fingerprint density at radius 2 is 1.42 bits per heavy atom. The van der Waals surface area contributed by atoms with Crippen molar-refractivity contribution < 1.29 is 33.8 Å².